The lowest BCUT2D eigenvalue weighted by atomic mass is 9.95. The Balaban J connectivity index is 3.30. The van der Waals surface area contributed by atoms with Gasteiger partial charge in [0.15, 0.2) is 5.75 Å². The molecule has 0 spiro atoms. The minimum absolute atomic E-state index is 0.213. The first kappa shape index (κ1) is 16.6. The molecule has 112 valence electrons. The molecule has 5 nitrogen and oxygen atoms in total. The highest BCUT2D eigenvalue weighted by Crippen LogP contribution is 2.30. The lowest BCUT2D eigenvalue weighted by Gasteiger charge is -2.20. The zero-order chi connectivity index (χ0) is 16.0. The second kappa shape index (κ2) is 6.80. The maximum Gasteiger partial charge on any atom is 0.340 e. The largest absolute Gasteiger partial charge is 0.465 e. The lowest BCUT2D eigenvalue weighted by molar-refractivity contribution is -0.123. The fourth-order valence-corrected chi connectivity index (χ4v) is 1.43. The molecular formula is C16H19NO4. The van der Waals surface area contributed by atoms with Gasteiger partial charge in [0.05, 0.1) is 18.4 Å². The summed E-state index contributed by atoms with van der Waals surface area (Å²) in [5.41, 5.74) is -0.144. The third kappa shape index (κ3) is 4.25. The zero-order valence-electron chi connectivity index (χ0n) is 12.9. The van der Waals surface area contributed by atoms with Crippen LogP contribution in [0.3, 0.4) is 0 Å². The van der Waals surface area contributed by atoms with Crippen LogP contribution in [0.1, 0.15) is 38.1 Å². The summed E-state index contributed by atoms with van der Waals surface area (Å²) in [6.45, 7) is 6.94. The molecule has 0 unspecified atom stereocenters. The van der Waals surface area contributed by atoms with E-state index in [0.717, 1.165) is 0 Å². The van der Waals surface area contributed by atoms with E-state index in [1.54, 1.807) is 45.9 Å². The number of hydrogen-bond acceptors (Lipinski definition) is 4. The molecule has 1 aromatic rings. The molecule has 0 heterocycles. The van der Waals surface area contributed by atoms with Crippen LogP contribution in [-0.4, -0.2) is 19.0 Å². The van der Waals surface area contributed by atoms with E-state index in [-0.39, 0.29) is 17.2 Å². The highest BCUT2D eigenvalue weighted by Gasteiger charge is 2.25. The predicted molar refractivity (Wildman–Crippen MR) is 79.9 cm³/mol. The van der Waals surface area contributed by atoms with Crippen LogP contribution in [0.25, 0.3) is 0 Å². The van der Waals surface area contributed by atoms with Crippen LogP contribution in [0.4, 0.5) is 5.69 Å². The van der Waals surface area contributed by atoms with Crippen LogP contribution in [0, 0.1) is 17.4 Å². The fourth-order valence-electron chi connectivity index (χ4n) is 1.43. The number of para-hydroxylation sites is 1. The highest BCUT2D eigenvalue weighted by atomic mass is 16.5. The summed E-state index contributed by atoms with van der Waals surface area (Å²) in [4.78, 5) is 24.0. The van der Waals surface area contributed by atoms with Gasteiger partial charge >= 0.3 is 5.97 Å². The van der Waals surface area contributed by atoms with E-state index >= 15 is 0 Å². The molecule has 1 amide bonds. The van der Waals surface area contributed by atoms with Crippen LogP contribution in [0.15, 0.2) is 18.2 Å². The smallest absolute Gasteiger partial charge is 0.340 e. The molecule has 1 rings (SSSR count). The molecule has 0 radical (unpaired) electrons. The van der Waals surface area contributed by atoms with Gasteiger partial charge in [-0.1, -0.05) is 32.8 Å². The average molecular weight is 289 g/mol. The number of benzene rings is 1. The summed E-state index contributed by atoms with van der Waals surface area (Å²) in [7, 11) is 1.27. The van der Waals surface area contributed by atoms with E-state index in [1.807, 2.05) is 0 Å². The second-order valence-corrected chi connectivity index (χ2v) is 5.33. The van der Waals surface area contributed by atoms with Crippen molar-refractivity contribution in [1.82, 2.24) is 0 Å². The van der Waals surface area contributed by atoms with Gasteiger partial charge < -0.3 is 14.8 Å². The third-order valence-corrected chi connectivity index (χ3v) is 2.61. The predicted octanol–water partition coefficient (Wildman–Crippen LogP) is 2.82. The van der Waals surface area contributed by atoms with Crippen molar-refractivity contribution in [2.24, 2.45) is 5.41 Å². The van der Waals surface area contributed by atoms with E-state index in [9.17, 15) is 9.59 Å². The molecule has 0 saturated heterocycles. The van der Waals surface area contributed by atoms with Crippen molar-refractivity contribution < 1.29 is 19.1 Å². The number of hydrogen-bond donors (Lipinski definition) is 1. The number of methoxy groups -OCH3 is 1. The van der Waals surface area contributed by atoms with Gasteiger partial charge in [0, 0.05) is 12.3 Å². The summed E-state index contributed by atoms with van der Waals surface area (Å²) < 4.78 is 9.97. The van der Waals surface area contributed by atoms with Gasteiger partial charge in [-0.05, 0) is 12.1 Å². The minimum Gasteiger partial charge on any atom is -0.465 e. The molecule has 0 atom stereocenters. The summed E-state index contributed by atoms with van der Waals surface area (Å²) in [5.74, 6) is 2.08. The SMILES string of the molecule is CC#COc1cccc(C(=O)OC)c1NC(=O)C(C)(C)C. The molecule has 0 aliphatic carbocycles. The summed E-state index contributed by atoms with van der Waals surface area (Å²) in [5, 5.41) is 2.71. The van der Waals surface area contributed by atoms with Crippen LogP contribution >= 0.6 is 0 Å². The van der Waals surface area contributed by atoms with Gasteiger partial charge in [-0.3, -0.25) is 4.79 Å². The molecule has 0 aliphatic rings. The first-order chi connectivity index (χ1) is 9.81. The molecule has 0 saturated carbocycles. The van der Waals surface area contributed by atoms with Crippen LogP contribution in [0.5, 0.6) is 5.75 Å². The van der Waals surface area contributed by atoms with Crippen LogP contribution in [0.2, 0.25) is 0 Å². The number of carbonyl (C=O) groups is 2. The Labute approximate surface area is 124 Å². The Morgan fingerprint density at radius 2 is 1.90 bits per heavy atom. The maximum atomic E-state index is 12.2. The number of nitrogens with one attached hydrogen (secondary N) is 1. The Bertz CT molecular complexity index is 603. The standard InChI is InChI=1S/C16H19NO4/c1-6-10-21-12-9-7-8-11(14(18)20-5)13(12)17-15(19)16(2,3)4/h7-9H,1-5H3,(H,17,19). The van der Waals surface area contributed by atoms with Gasteiger partial charge in [0.1, 0.15) is 6.11 Å². The summed E-state index contributed by atoms with van der Waals surface area (Å²) in [6.07, 6.45) is 2.45. The normalized spacial score (nSPS) is 10.1. The van der Waals surface area contributed by atoms with Crippen LogP contribution < -0.4 is 10.1 Å². The van der Waals surface area contributed by atoms with E-state index in [0.29, 0.717) is 5.75 Å². The third-order valence-electron chi connectivity index (χ3n) is 2.61. The fraction of sp³-hybridized carbons (Fsp3) is 0.375. The monoisotopic (exact) mass is 289 g/mol. The van der Waals surface area contributed by atoms with Crippen molar-refractivity contribution in [3.63, 3.8) is 0 Å². The van der Waals surface area contributed by atoms with Crippen molar-refractivity contribution in [3.05, 3.63) is 23.8 Å². The molecular weight excluding hydrogens is 270 g/mol. The van der Waals surface area contributed by atoms with Crippen molar-refractivity contribution in [1.29, 1.82) is 0 Å². The van der Waals surface area contributed by atoms with Crippen molar-refractivity contribution in [2.45, 2.75) is 27.7 Å². The molecule has 1 aromatic carbocycles. The van der Waals surface area contributed by atoms with Crippen molar-refractivity contribution >= 4 is 17.6 Å². The molecule has 1 N–H and O–H groups in total. The van der Waals surface area contributed by atoms with Gasteiger partial charge in [-0.2, -0.15) is 0 Å². The number of anilines is 1. The van der Waals surface area contributed by atoms with E-state index in [2.05, 4.69) is 17.3 Å². The van der Waals surface area contributed by atoms with Crippen molar-refractivity contribution in [3.8, 4) is 17.8 Å². The number of amides is 1. The molecule has 0 aliphatic heterocycles. The van der Waals surface area contributed by atoms with Gasteiger partial charge in [0.25, 0.3) is 0 Å². The second-order valence-electron chi connectivity index (χ2n) is 5.33. The molecule has 0 aromatic heterocycles. The average Bonchev–Trinajstić information content (AvgIpc) is 2.44. The first-order valence-corrected chi connectivity index (χ1v) is 6.42. The van der Waals surface area contributed by atoms with E-state index in [4.69, 9.17) is 9.47 Å². The Morgan fingerprint density at radius 1 is 1.24 bits per heavy atom. The summed E-state index contributed by atoms with van der Waals surface area (Å²) >= 11 is 0. The van der Waals surface area contributed by atoms with Crippen LogP contribution in [-0.2, 0) is 9.53 Å². The van der Waals surface area contributed by atoms with E-state index < -0.39 is 11.4 Å². The number of carbonyl (C=O) groups excluding carboxylic acids is 2. The Morgan fingerprint density at radius 3 is 2.43 bits per heavy atom. The number of esters is 1. The molecule has 5 heteroatoms. The van der Waals surface area contributed by atoms with E-state index in [1.165, 1.54) is 7.11 Å². The molecule has 21 heavy (non-hydrogen) atoms. The Hall–Kier alpha value is -2.48. The molecule has 0 fully saturated rings. The lowest BCUT2D eigenvalue weighted by Crippen LogP contribution is -2.28. The Kier molecular flexibility index (Phi) is 5.37. The first-order valence-electron chi connectivity index (χ1n) is 6.42. The minimum atomic E-state index is -0.614. The summed E-state index contributed by atoms with van der Waals surface area (Å²) in [6, 6.07) is 4.80. The number of ether oxygens (including phenoxy) is 2. The van der Waals surface area contributed by atoms with Gasteiger partial charge in [-0.25, -0.2) is 4.79 Å². The molecule has 0 bridgehead atoms. The zero-order valence-corrected chi connectivity index (χ0v) is 12.9. The number of rotatable bonds is 3. The van der Waals surface area contributed by atoms with Gasteiger partial charge in [0.2, 0.25) is 5.91 Å². The van der Waals surface area contributed by atoms with Gasteiger partial charge in [-0.15, -0.1) is 0 Å². The topological polar surface area (TPSA) is 64.6 Å². The van der Waals surface area contributed by atoms with Crippen molar-refractivity contribution in [2.75, 3.05) is 12.4 Å². The maximum absolute atomic E-state index is 12.2. The highest BCUT2D eigenvalue weighted by molar-refractivity contribution is 6.04. The quantitative estimate of drug-likeness (QED) is 0.686.